The molecule has 0 aliphatic carbocycles. The Morgan fingerprint density at radius 1 is 1.47 bits per heavy atom. The fourth-order valence-electron chi connectivity index (χ4n) is 1.17. The molecule has 1 N–H and O–H groups in total. The fourth-order valence-corrected chi connectivity index (χ4v) is 1.93. The molecule has 15 heavy (non-hydrogen) atoms. The summed E-state index contributed by atoms with van der Waals surface area (Å²) in [7, 11) is 0. The third-order valence-corrected chi connectivity index (χ3v) is 3.13. The highest BCUT2D eigenvalue weighted by molar-refractivity contribution is 7.99. The number of aliphatic hydroxyl groups is 1. The molecule has 1 aromatic rings. The van der Waals surface area contributed by atoms with Gasteiger partial charge in [-0.15, -0.1) is 11.8 Å². The van der Waals surface area contributed by atoms with E-state index in [1.54, 1.807) is 18.1 Å². The van der Waals surface area contributed by atoms with Crippen LogP contribution in [0.4, 0.5) is 0 Å². The van der Waals surface area contributed by atoms with E-state index in [9.17, 15) is 0 Å². The molecule has 1 unspecified atom stereocenters. The van der Waals surface area contributed by atoms with Crippen molar-refractivity contribution in [2.75, 3.05) is 6.61 Å². The molecule has 0 radical (unpaired) electrons. The molecule has 0 bridgehead atoms. The maximum absolute atomic E-state index is 8.91. The minimum absolute atomic E-state index is 0.211. The first-order chi connectivity index (χ1) is 7.13. The lowest BCUT2D eigenvalue weighted by Gasteiger charge is -2.10. The van der Waals surface area contributed by atoms with Gasteiger partial charge in [0.2, 0.25) is 0 Å². The van der Waals surface area contributed by atoms with E-state index >= 15 is 0 Å². The molecule has 1 rings (SSSR count). The van der Waals surface area contributed by atoms with Crippen LogP contribution in [0.5, 0.6) is 0 Å². The zero-order valence-corrected chi connectivity index (χ0v) is 10.4. The van der Waals surface area contributed by atoms with Crippen molar-refractivity contribution < 1.29 is 5.11 Å². The number of aromatic nitrogens is 3. The Hall–Kier alpha value is -0.550. The molecule has 0 aromatic carbocycles. The summed E-state index contributed by atoms with van der Waals surface area (Å²) in [4.78, 5) is 4.22. The van der Waals surface area contributed by atoms with Gasteiger partial charge in [-0.25, -0.2) is 9.67 Å². The monoisotopic (exact) mass is 229 g/mol. The van der Waals surface area contributed by atoms with Crippen LogP contribution >= 0.6 is 11.8 Å². The molecule has 0 fully saturated rings. The van der Waals surface area contributed by atoms with E-state index in [4.69, 9.17) is 5.11 Å². The number of aliphatic hydroxyl groups excluding tert-OH is 1. The highest BCUT2D eigenvalue weighted by Crippen LogP contribution is 2.15. The van der Waals surface area contributed by atoms with Gasteiger partial charge in [-0.3, -0.25) is 0 Å². The predicted octanol–water partition coefficient (Wildman–Crippen LogP) is 1.55. The standard InChI is InChI=1S/C10H19N3OS/c1-8(2)4-13-10(11-7-12-13)6-15-9(3)5-14/h7-9,14H,4-6H2,1-3H3. The van der Waals surface area contributed by atoms with Crippen LogP contribution in [0.2, 0.25) is 0 Å². The summed E-state index contributed by atoms with van der Waals surface area (Å²) in [6.45, 7) is 7.45. The van der Waals surface area contributed by atoms with Crippen molar-refractivity contribution in [1.82, 2.24) is 14.8 Å². The van der Waals surface area contributed by atoms with Crippen LogP contribution in [-0.4, -0.2) is 31.7 Å². The van der Waals surface area contributed by atoms with Crippen molar-refractivity contribution in [3.8, 4) is 0 Å². The zero-order valence-electron chi connectivity index (χ0n) is 9.55. The van der Waals surface area contributed by atoms with Crippen LogP contribution < -0.4 is 0 Å². The molecule has 1 aromatic heterocycles. The summed E-state index contributed by atoms with van der Waals surface area (Å²) < 4.78 is 1.95. The van der Waals surface area contributed by atoms with Crippen molar-refractivity contribution in [2.24, 2.45) is 5.92 Å². The van der Waals surface area contributed by atoms with Crippen LogP contribution in [0.25, 0.3) is 0 Å². The van der Waals surface area contributed by atoms with Crippen molar-refractivity contribution in [3.63, 3.8) is 0 Å². The first kappa shape index (κ1) is 12.5. The van der Waals surface area contributed by atoms with E-state index < -0.39 is 0 Å². The molecular formula is C10H19N3OS. The van der Waals surface area contributed by atoms with Crippen LogP contribution in [-0.2, 0) is 12.3 Å². The summed E-state index contributed by atoms with van der Waals surface area (Å²) in [6, 6.07) is 0. The van der Waals surface area contributed by atoms with Crippen LogP contribution in [0.3, 0.4) is 0 Å². The quantitative estimate of drug-likeness (QED) is 0.804. The van der Waals surface area contributed by atoms with Gasteiger partial charge in [0.05, 0.1) is 12.4 Å². The van der Waals surface area contributed by atoms with Crippen LogP contribution in [0.15, 0.2) is 6.33 Å². The predicted molar refractivity (Wildman–Crippen MR) is 62.7 cm³/mol. The van der Waals surface area contributed by atoms with Gasteiger partial charge >= 0.3 is 0 Å². The molecule has 5 heteroatoms. The lowest BCUT2D eigenvalue weighted by molar-refractivity contribution is 0.300. The van der Waals surface area contributed by atoms with Gasteiger partial charge in [0.25, 0.3) is 0 Å². The van der Waals surface area contributed by atoms with E-state index in [2.05, 4.69) is 23.9 Å². The number of thioether (sulfide) groups is 1. The number of hydrogen-bond acceptors (Lipinski definition) is 4. The van der Waals surface area contributed by atoms with Gasteiger partial charge in [-0.05, 0) is 5.92 Å². The molecule has 0 spiro atoms. The Morgan fingerprint density at radius 3 is 2.80 bits per heavy atom. The molecule has 4 nitrogen and oxygen atoms in total. The van der Waals surface area contributed by atoms with E-state index in [1.807, 2.05) is 11.6 Å². The average molecular weight is 229 g/mol. The summed E-state index contributed by atoms with van der Waals surface area (Å²) in [5, 5.41) is 13.4. The van der Waals surface area contributed by atoms with Gasteiger partial charge in [0.15, 0.2) is 0 Å². The SMILES string of the molecule is CC(C)Cn1ncnc1CSC(C)CO. The maximum atomic E-state index is 8.91. The smallest absolute Gasteiger partial charge is 0.138 e. The lowest BCUT2D eigenvalue weighted by Crippen LogP contribution is -2.11. The van der Waals surface area contributed by atoms with E-state index in [-0.39, 0.29) is 11.9 Å². The van der Waals surface area contributed by atoms with E-state index in [1.165, 1.54) is 0 Å². The number of hydrogen-bond donors (Lipinski definition) is 1. The highest BCUT2D eigenvalue weighted by atomic mass is 32.2. The summed E-state index contributed by atoms with van der Waals surface area (Å²) in [6.07, 6.45) is 1.60. The second kappa shape index (κ2) is 6.12. The minimum Gasteiger partial charge on any atom is -0.395 e. The lowest BCUT2D eigenvalue weighted by atomic mass is 10.2. The molecule has 0 saturated carbocycles. The Kier molecular flexibility index (Phi) is 5.11. The first-order valence-corrected chi connectivity index (χ1v) is 6.27. The Morgan fingerprint density at radius 2 is 2.20 bits per heavy atom. The number of rotatable bonds is 6. The van der Waals surface area contributed by atoms with Gasteiger partial charge < -0.3 is 5.11 Å². The van der Waals surface area contributed by atoms with Crippen molar-refractivity contribution >= 4 is 11.8 Å². The molecule has 0 aliphatic rings. The number of nitrogens with zero attached hydrogens (tertiary/aromatic N) is 3. The van der Waals surface area contributed by atoms with Gasteiger partial charge in [-0.2, -0.15) is 5.10 Å². The second-order valence-electron chi connectivity index (χ2n) is 4.06. The molecule has 0 aliphatic heterocycles. The Bertz CT molecular complexity index is 288. The van der Waals surface area contributed by atoms with Gasteiger partial charge in [0, 0.05) is 11.8 Å². The molecule has 0 amide bonds. The molecule has 86 valence electrons. The Labute approximate surface area is 95.1 Å². The third kappa shape index (κ3) is 4.22. The Balaban J connectivity index is 2.49. The first-order valence-electron chi connectivity index (χ1n) is 5.22. The van der Waals surface area contributed by atoms with E-state index in [0.717, 1.165) is 18.1 Å². The van der Waals surface area contributed by atoms with Crippen LogP contribution in [0, 0.1) is 5.92 Å². The van der Waals surface area contributed by atoms with Gasteiger partial charge in [0.1, 0.15) is 12.2 Å². The largest absolute Gasteiger partial charge is 0.395 e. The molecular weight excluding hydrogens is 210 g/mol. The highest BCUT2D eigenvalue weighted by Gasteiger charge is 2.08. The van der Waals surface area contributed by atoms with Crippen LogP contribution in [0.1, 0.15) is 26.6 Å². The van der Waals surface area contributed by atoms with E-state index in [0.29, 0.717) is 5.92 Å². The van der Waals surface area contributed by atoms with Crippen molar-refractivity contribution in [3.05, 3.63) is 12.2 Å². The summed E-state index contributed by atoms with van der Waals surface area (Å²) in [5.74, 6) is 2.38. The fraction of sp³-hybridized carbons (Fsp3) is 0.800. The minimum atomic E-state index is 0.211. The zero-order chi connectivity index (χ0) is 11.3. The van der Waals surface area contributed by atoms with Gasteiger partial charge in [-0.1, -0.05) is 20.8 Å². The second-order valence-corrected chi connectivity index (χ2v) is 5.48. The molecule has 1 heterocycles. The average Bonchev–Trinajstić information content (AvgIpc) is 2.61. The maximum Gasteiger partial charge on any atom is 0.138 e. The molecule has 0 saturated heterocycles. The van der Waals surface area contributed by atoms with Crippen molar-refractivity contribution in [2.45, 2.75) is 38.3 Å². The molecule has 1 atom stereocenters. The van der Waals surface area contributed by atoms with Crippen molar-refractivity contribution in [1.29, 1.82) is 0 Å². The summed E-state index contributed by atoms with van der Waals surface area (Å²) in [5.41, 5.74) is 0. The normalized spacial score (nSPS) is 13.4. The third-order valence-electron chi connectivity index (χ3n) is 1.99. The summed E-state index contributed by atoms with van der Waals surface area (Å²) >= 11 is 1.70. The topological polar surface area (TPSA) is 50.9 Å².